The molecule has 0 saturated carbocycles. The van der Waals surface area contributed by atoms with Gasteiger partial charge in [-0.1, -0.05) is 60.7 Å². The number of rotatable bonds is 4. The smallest absolute Gasteiger partial charge is 0.257 e. The first kappa shape index (κ1) is 19.0. The van der Waals surface area contributed by atoms with Crippen LogP contribution in [0.2, 0.25) is 0 Å². The zero-order chi connectivity index (χ0) is 20.2. The van der Waals surface area contributed by atoms with E-state index in [2.05, 4.69) is 5.32 Å². The zero-order valence-corrected chi connectivity index (χ0v) is 16.2. The number of phenols is 1. The summed E-state index contributed by atoms with van der Waals surface area (Å²) in [4.78, 5) is 27.1. The molecule has 1 fully saturated rings. The van der Waals surface area contributed by atoms with Gasteiger partial charge < -0.3 is 15.3 Å². The molecule has 0 atom stereocenters. The van der Waals surface area contributed by atoms with Crippen LogP contribution < -0.4 is 5.32 Å². The van der Waals surface area contributed by atoms with Crippen LogP contribution in [0.1, 0.15) is 28.8 Å². The van der Waals surface area contributed by atoms with Gasteiger partial charge in [0.05, 0.1) is 5.56 Å². The molecule has 1 aliphatic rings. The minimum Gasteiger partial charge on any atom is -0.506 e. The molecule has 148 valence electrons. The Hall–Kier alpha value is -3.34. The van der Waals surface area contributed by atoms with Crippen molar-refractivity contribution in [2.75, 3.05) is 13.1 Å². The van der Waals surface area contributed by atoms with Crippen LogP contribution in [0.4, 0.5) is 0 Å². The van der Waals surface area contributed by atoms with Gasteiger partial charge in [0.15, 0.2) is 0 Å². The van der Waals surface area contributed by atoms with E-state index in [0.29, 0.717) is 43.4 Å². The van der Waals surface area contributed by atoms with E-state index in [1.807, 2.05) is 60.7 Å². The van der Waals surface area contributed by atoms with Crippen LogP contribution in [0.15, 0.2) is 66.7 Å². The lowest BCUT2D eigenvalue weighted by molar-refractivity contribution is -0.126. The zero-order valence-electron chi connectivity index (χ0n) is 16.2. The van der Waals surface area contributed by atoms with Gasteiger partial charge in [-0.25, -0.2) is 0 Å². The molecule has 1 aliphatic heterocycles. The summed E-state index contributed by atoms with van der Waals surface area (Å²) in [5.41, 5.74) is 1.39. The average molecular weight is 388 g/mol. The van der Waals surface area contributed by atoms with Crippen molar-refractivity contribution in [3.05, 3.63) is 77.9 Å². The molecule has 2 N–H and O–H groups in total. The molecule has 0 unspecified atom stereocenters. The van der Waals surface area contributed by atoms with Crippen molar-refractivity contribution in [3.8, 4) is 5.75 Å². The van der Waals surface area contributed by atoms with Gasteiger partial charge in [0.1, 0.15) is 5.75 Å². The van der Waals surface area contributed by atoms with Crippen molar-refractivity contribution >= 4 is 22.6 Å². The van der Waals surface area contributed by atoms with Crippen molar-refractivity contribution in [1.29, 1.82) is 0 Å². The molecule has 0 aromatic heterocycles. The molecule has 0 radical (unpaired) electrons. The average Bonchev–Trinajstić information content (AvgIpc) is 2.78. The maximum atomic E-state index is 12.9. The van der Waals surface area contributed by atoms with Crippen LogP contribution in [-0.4, -0.2) is 34.9 Å². The van der Waals surface area contributed by atoms with Crippen molar-refractivity contribution in [2.24, 2.45) is 5.92 Å². The number of fused-ring (bicyclic) bond motifs is 1. The maximum Gasteiger partial charge on any atom is 0.257 e. The summed E-state index contributed by atoms with van der Waals surface area (Å²) < 4.78 is 0. The molecule has 1 heterocycles. The molecule has 5 nitrogen and oxygen atoms in total. The number of phenolic OH excluding ortho intramolecular Hbond substituents is 1. The Morgan fingerprint density at radius 1 is 0.931 bits per heavy atom. The fraction of sp³-hybridized carbons (Fsp3) is 0.250. The van der Waals surface area contributed by atoms with Crippen molar-refractivity contribution in [1.82, 2.24) is 10.2 Å². The SMILES string of the molecule is O=C(NCc1ccccc1)C1CCN(C(=O)c2ccc3ccccc3c2O)CC1. The van der Waals surface area contributed by atoms with Gasteiger partial charge in [0.2, 0.25) is 5.91 Å². The third-order valence-corrected chi connectivity index (χ3v) is 5.59. The Morgan fingerprint density at radius 3 is 2.38 bits per heavy atom. The number of aromatic hydroxyl groups is 1. The van der Waals surface area contributed by atoms with E-state index in [1.165, 1.54) is 0 Å². The molecule has 3 aromatic rings. The summed E-state index contributed by atoms with van der Waals surface area (Å²) >= 11 is 0. The summed E-state index contributed by atoms with van der Waals surface area (Å²) in [6, 6.07) is 20.8. The summed E-state index contributed by atoms with van der Waals surface area (Å²) in [6.45, 7) is 1.53. The Balaban J connectivity index is 1.36. The number of benzene rings is 3. The highest BCUT2D eigenvalue weighted by atomic mass is 16.3. The van der Waals surface area contributed by atoms with Crippen molar-refractivity contribution in [3.63, 3.8) is 0 Å². The molecule has 29 heavy (non-hydrogen) atoms. The van der Waals surface area contributed by atoms with Gasteiger partial charge >= 0.3 is 0 Å². The van der Waals surface area contributed by atoms with E-state index in [1.54, 1.807) is 11.0 Å². The number of nitrogens with one attached hydrogen (secondary N) is 1. The third kappa shape index (κ3) is 4.09. The number of hydrogen-bond donors (Lipinski definition) is 2. The Kier molecular flexibility index (Phi) is 5.47. The van der Waals surface area contributed by atoms with Gasteiger partial charge in [0, 0.05) is 30.9 Å². The minimum absolute atomic E-state index is 0.0239. The molecule has 0 aliphatic carbocycles. The number of hydrogen-bond acceptors (Lipinski definition) is 3. The van der Waals surface area contributed by atoms with Crippen LogP contribution >= 0.6 is 0 Å². The molecule has 3 aromatic carbocycles. The predicted octanol–water partition coefficient (Wildman–Crippen LogP) is 3.71. The van der Waals surface area contributed by atoms with E-state index >= 15 is 0 Å². The molecular weight excluding hydrogens is 364 g/mol. The Morgan fingerprint density at radius 2 is 1.62 bits per heavy atom. The number of carbonyl (C=O) groups excluding carboxylic acids is 2. The fourth-order valence-electron chi connectivity index (χ4n) is 3.87. The quantitative estimate of drug-likeness (QED) is 0.716. The summed E-state index contributed by atoms with van der Waals surface area (Å²) in [7, 11) is 0. The lowest BCUT2D eigenvalue weighted by Gasteiger charge is -2.31. The normalized spacial score (nSPS) is 14.7. The van der Waals surface area contributed by atoms with Crippen molar-refractivity contribution < 1.29 is 14.7 Å². The topological polar surface area (TPSA) is 69.6 Å². The minimum atomic E-state index is -0.184. The second kappa shape index (κ2) is 8.35. The van der Waals surface area contributed by atoms with E-state index < -0.39 is 0 Å². The summed E-state index contributed by atoms with van der Waals surface area (Å²) in [5, 5.41) is 15.1. The highest BCUT2D eigenvalue weighted by Gasteiger charge is 2.29. The van der Waals surface area contributed by atoms with Crippen molar-refractivity contribution in [2.45, 2.75) is 19.4 Å². The second-order valence-electron chi connectivity index (χ2n) is 7.45. The largest absolute Gasteiger partial charge is 0.506 e. The molecule has 1 saturated heterocycles. The molecule has 5 heteroatoms. The van der Waals surface area contributed by atoms with Gasteiger partial charge in [-0.3, -0.25) is 9.59 Å². The van der Waals surface area contributed by atoms with Crippen LogP contribution in [0.3, 0.4) is 0 Å². The van der Waals surface area contributed by atoms with Gasteiger partial charge in [-0.2, -0.15) is 0 Å². The van der Waals surface area contributed by atoms with E-state index in [4.69, 9.17) is 0 Å². The molecule has 4 rings (SSSR count). The summed E-state index contributed by atoms with van der Waals surface area (Å²) in [5.74, 6) is -0.213. The first-order valence-electron chi connectivity index (χ1n) is 9.95. The number of amides is 2. The van der Waals surface area contributed by atoms with Gasteiger partial charge in [-0.15, -0.1) is 0 Å². The maximum absolute atomic E-state index is 12.9. The van der Waals surface area contributed by atoms with E-state index in [-0.39, 0.29) is 23.5 Å². The van der Waals surface area contributed by atoms with Crippen LogP contribution in [0.25, 0.3) is 10.8 Å². The third-order valence-electron chi connectivity index (χ3n) is 5.59. The lowest BCUT2D eigenvalue weighted by Crippen LogP contribution is -2.42. The molecule has 2 amide bonds. The standard InChI is InChI=1S/C24H24N2O3/c27-22-20-9-5-4-8-18(20)10-11-21(22)24(29)26-14-12-19(13-15-26)23(28)25-16-17-6-2-1-3-7-17/h1-11,19,27H,12-16H2,(H,25,28). The van der Waals surface area contributed by atoms with Crippen LogP contribution in [-0.2, 0) is 11.3 Å². The first-order chi connectivity index (χ1) is 14.1. The Bertz CT molecular complexity index is 1020. The molecule has 0 bridgehead atoms. The lowest BCUT2D eigenvalue weighted by atomic mass is 9.95. The summed E-state index contributed by atoms with van der Waals surface area (Å²) in [6.07, 6.45) is 1.25. The number of nitrogens with zero attached hydrogens (tertiary/aromatic N) is 1. The number of piperidine rings is 1. The van der Waals surface area contributed by atoms with Crippen LogP contribution in [0.5, 0.6) is 5.75 Å². The van der Waals surface area contributed by atoms with Gasteiger partial charge in [0.25, 0.3) is 5.91 Å². The van der Waals surface area contributed by atoms with Crippen LogP contribution in [0, 0.1) is 5.92 Å². The predicted molar refractivity (Wildman–Crippen MR) is 113 cm³/mol. The molecule has 0 spiro atoms. The first-order valence-corrected chi connectivity index (χ1v) is 9.95. The Labute approximate surface area is 170 Å². The second-order valence-corrected chi connectivity index (χ2v) is 7.45. The van der Waals surface area contributed by atoms with E-state index in [0.717, 1.165) is 10.9 Å². The number of carbonyl (C=O) groups is 2. The monoisotopic (exact) mass is 388 g/mol. The highest BCUT2D eigenvalue weighted by molar-refractivity contribution is 6.03. The fourth-order valence-corrected chi connectivity index (χ4v) is 3.87. The number of likely N-dealkylation sites (tertiary alicyclic amines) is 1. The molecular formula is C24H24N2O3. The van der Waals surface area contributed by atoms with Gasteiger partial charge in [-0.05, 0) is 29.9 Å². The van der Waals surface area contributed by atoms with E-state index in [9.17, 15) is 14.7 Å². The highest BCUT2D eigenvalue weighted by Crippen LogP contribution is 2.30.